The van der Waals surface area contributed by atoms with Gasteiger partial charge in [0.15, 0.2) is 5.76 Å². The lowest BCUT2D eigenvalue weighted by Gasteiger charge is -2.25. The first-order chi connectivity index (χ1) is 6.38. The van der Waals surface area contributed by atoms with E-state index in [1.54, 1.807) is 17.0 Å². The minimum atomic E-state index is -0.0479. The molecule has 0 N–H and O–H groups in total. The Bertz CT molecular complexity index is 275. The normalized spacial score (nSPS) is 17.4. The lowest BCUT2D eigenvalue weighted by Crippen LogP contribution is -2.40. The fourth-order valence-electron chi connectivity index (χ4n) is 1.32. The number of carbonyl (C=O) groups is 1. The van der Waals surface area contributed by atoms with E-state index in [4.69, 9.17) is 9.15 Å². The highest BCUT2D eigenvalue weighted by Gasteiger charge is 2.19. The molecule has 0 aromatic carbocycles. The Hall–Kier alpha value is -1.29. The van der Waals surface area contributed by atoms with Crippen LogP contribution < -0.4 is 0 Å². The molecule has 2 rings (SSSR count). The lowest BCUT2D eigenvalue weighted by molar-refractivity contribution is 0.0283. The molecule has 1 aromatic heterocycles. The third-order valence-electron chi connectivity index (χ3n) is 2.03. The van der Waals surface area contributed by atoms with Crippen LogP contribution in [0.25, 0.3) is 0 Å². The summed E-state index contributed by atoms with van der Waals surface area (Å²) in [6, 6.07) is 3.39. The Labute approximate surface area is 76.1 Å². The van der Waals surface area contributed by atoms with Gasteiger partial charge in [0.25, 0.3) is 5.91 Å². The Kier molecular flexibility index (Phi) is 2.31. The van der Waals surface area contributed by atoms with Crippen LogP contribution in [-0.4, -0.2) is 37.1 Å². The molecule has 1 aromatic rings. The summed E-state index contributed by atoms with van der Waals surface area (Å²) in [7, 11) is 0. The van der Waals surface area contributed by atoms with Crippen molar-refractivity contribution in [2.24, 2.45) is 0 Å². The maximum atomic E-state index is 11.6. The molecular formula is C9H11NO3. The molecule has 4 heteroatoms. The first-order valence-corrected chi connectivity index (χ1v) is 4.28. The Balaban J connectivity index is 2.04. The van der Waals surface area contributed by atoms with E-state index in [-0.39, 0.29) is 5.91 Å². The monoisotopic (exact) mass is 181 g/mol. The van der Waals surface area contributed by atoms with Gasteiger partial charge < -0.3 is 14.1 Å². The van der Waals surface area contributed by atoms with Gasteiger partial charge >= 0.3 is 0 Å². The number of ether oxygens (including phenoxy) is 1. The van der Waals surface area contributed by atoms with Gasteiger partial charge in [0.2, 0.25) is 0 Å². The van der Waals surface area contributed by atoms with Crippen molar-refractivity contribution in [3.63, 3.8) is 0 Å². The molecular weight excluding hydrogens is 170 g/mol. The Morgan fingerprint density at radius 1 is 1.38 bits per heavy atom. The largest absolute Gasteiger partial charge is 0.459 e. The zero-order valence-corrected chi connectivity index (χ0v) is 7.23. The fourth-order valence-corrected chi connectivity index (χ4v) is 1.32. The van der Waals surface area contributed by atoms with Crippen LogP contribution in [0.5, 0.6) is 0 Å². The molecule has 0 aliphatic carbocycles. The molecule has 0 radical (unpaired) electrons. The van der Waals surface area contributed by atoms with E-state index in [2.05, 4.69) is 0 Å². The maximum Gasteiger partial charge on any atom is 0.289 e. The van der Waals surface area contributed by atoms with Gasteiger partial charge in [0, 0.05) is 13.1 Å². The quantitative estimate of drug-likeness (QED) is 0.642. The van der Waals surface area contributed by atoms with Crippen molar-refractivity contribution in [3.05, 3.63) is 24.2 Å². The van der Waals surface area contributed by atoms with Gasteiger partial charge in [-0.3, -0.25) is 4.79 Å². The summed E-state index contributed by atoms with van der Waals surface area (Å²) in [6.45, 7) is 2.54. The van der Waals surface area contributed by atoms with Crippen molar-refractivity contribution in [1.29, 1.82) is 0 Å². The van der Waals surface area contributed by atoms with E-state index in [0.29, 0.717) is 32.1 Å². The highest BCUT2D eigenvalue weighted by atomic mass is 16.5. The standard InChI is InChI=1S/C9H11NO3/c11-9(8-2-1-5-13-8)10-3-6-12-7-4-10/h1-2,5H,3-4,6-7H2. The minimum absolute atomic E-state index is 0.0479. The first-order valence-electron chi connectivity index (χ1n) is 4.28. The van der Waals surface area contributed by atoms with Crippen LogP contribution in [0.4, 0.5) is 0 Å². The van der Waals surface area contributed by atoms with Gasteiger partial charge in [-0.25, -0.2) is 0 Å². The third kappa shape index (κ3) is 1.72. The predicted octanol–water partition coefficient (Wildman–Crippen LogP) is 0.752. The Morgan fingerprint density at radius 2 is 2.15 bits per heavy atom. The molecule has 2 heterocycles. The van der Waals surface area contributed by atoms with Crippen molar-refractivity contribution >= 4 is 5.91 Å². The molecule has 1 aliphatic rings. The number of furan rings is 1. The van der Waals surface area contributed by atoms with Crippen LogP contribution in [0.2, 0.25) is 0 Å². The van der Waals surface area contributed by atoms with Gasteiger partial charge in [-0.2, -0.15) is 0 Å². The van der Waals surface area contributed by atoms with Crippen molar-refractivity contribution in [1.82, 2.24) is 4.90 Å². The van der Waals surface area contributed by atoms with Crippen molar-refractivity contribution in [2.45, 2.75) is 0 Å². The number of hydrogen-bond acceptors (Lipinski definition) is 3. The molecule has 0 spiro atoms. The Morgan fingerprint density at radius 3 is 2.77 bits per heavy atom. The van der Waals surface area contributed by atoms with Crippen LogP contribution >= 0.6 is 0 Å². The maximum absolute atomic E-state index is 11.6. The molecule has 0 atom stereocenters. The van der Waals surface area contributed by atoms with Gasteiger partial charge in [-0.15, -0.1) is 0 Å². The molecule has 70 valence electrons. The van der Waals surface area contributed by atoms with Crippen LogP contribution in [0.1, 0.15) is 10.6 Å². The third-order valence-corrected chi connectivity index (χ3v) is 2.03. The molecule has 4 nitrogen and oxygen atoms in total. The molecule has 13 heavy (non-hydrogen) atoms. The van der Waals surface area contributed by atoms with Gasteiger partial charge in [0.05, 0.1) is 19.5 Å². The van der Waals surface area contributed by atoms with Crippen LogP contribution in [0.15, 0.2) is 22.8 Å². The van der Waals surface area contributed by atoms with Crippen LogP contribution in [0, 0.1) is 0 Å². The van der Waals surface area contributed by atoms with E-state index < -0.39 is 0 Å². The fraction of sp³-hybridized carbons (Fsp3) is 0.444. The second-order valence-electron chi connectivity index (χ2n) is 2.88. The van der Waals surface area contributed by atoms with Gasteiger partial charge in [0.1, 0.15) is 0 Å². The number of hydrogen-bond donors (Lipinski definition) is 0. The van der Waals surface area contributed by atoms with Crippen molar-refractivity contribution in [3.8, 4) is 0 Å². The molecule has 1 fully saturated rings. The summed E-state index contributed by atoms with van der Waals surface area (Å²) < 4.78 is 10.2. The van der Waals surface area contributed by atoms with Crippen molar-refractivity contribution in [2.75, 3.05) is 26.3 Å². The summed E-state index contributed by atoms with van der Waals surface area (Å²) in [5.74, 6) is 0.357. The number of rotatable bonds is 1. The highest BCUT2D eigenvalue weighted by Crippen LogP contribution is 2.07. The molecule has 1 amide bonds. The minimum Gasteiger partial charge on any atom is -0.459 e. The molecule has 1 aliphatic heterocycles. The zero-order valence-electron chi connectivity index (χ0n) is 7.23. The molecule has 1 saturated heterocycles. The average Bonchev–Trinajstić information content (AvgIpc) is 2.71. The summed E-state index contributed by atoms with van der Waals surface area (Å²) in [5, 5.41) is 0. The summed E-state index contributed by atoms with van der Waals surface area (Å²) in [5.41, 5.74) is 0. The lowest BCUT2D eigenvalue weighted by atomic mass is 10.3. The smallest absolute Gasteiger partial charge is 0.289 e. The summed E-state index contributed by atoms with van der Waals surface area (Å²) in [4.78, 5) is 13.4. The topological polar surface area (TPSA) is 42.7 Å². The van der Waals surface area contributed by atoms with E-state index >= 15 is 0 Å². The average molecular weight is 181 g/mol. The number of amides is 1. The van der Waals surface area contributed by atoms with Crippen LogP contribution in [0.3, 0.4) is 0 Å². The van der Waals surface area contributed by atoms with Crippen LogP contribution in [-0.2, 0) is 4.74 Å². The first kappa shape index (κ1) is 8.31. The second kappa shape index (κ2) is 3.62. The number of nitrogens with zero attached hydrogens (tertiary/aromatic N) is 1. The van der Waals surface area contributed by atoms with E-state index in [9.17, 15) is 4.79 Å². The number of morpholine rings is 1. The SMILES string of the molecule is O=C(c1ccco1)N1CCOCC1. The second-order valence-corrected chi connectivity index (χ2v) is 2.88. The van der Waals surface area contributed by atoms with E-state index in [1.807, 2.05) is 0 Å². The zero-order chi connectivity index (χ0) is 9.10. The van der Waals surface area contributed by atoms with E-state index in [1.165, 1.54) is 6.26 Å². The predicted molar refractivity (Wildman–Crippen MR) is 45.4 cm³/mol. The molecule has 0 unspecified atom stereocenters. The number of carbonyl (C=O) groups excluding carboxylic acids is 1. The van der Waals surface area contributed by atoms with Gasteiger partial charge in [-0.1, -0.05) is 0 Å². The van der Waals surface area contributed by atoms with E-state index in [0.717, 1.165) is 0 Å². The molecule has 0 bridgehead atoms. The summed E-state index contributed by atoms with van der Waals surface area (Å²) in [6.07, 6.45) is 1.51. The van der Waals surface area contributed by atoms with Crippen molar-refractivity contribution < 1.29 is 13.9 Å². The highest BCUT2D eigenvalue weighted by molar-refractivity contribution is 5.91. The van der Waals surface area contributed by atoms with Gasteiger partial charge in [-0.05, 0) is 12.1 Å². The molecule has 0 saturated carbocycles. The summed E-state index contributed by atoms with van der Waals surface area (Å²) >= 11 is 0.